The fraction of sp³-hybridized carbons (Fsp3) is 0.567. The first-order chi connectivity index (χ1) is 17.1. The van der Waals surface area contributed by atoms with Crippen LogP contribution in [-0.2, 0) is 30.5 Å². The minimum absolute atomic E-state index is 0.0563. The number of carbonyl (C=O) groups is 3. The Labute approximate surface area is 212 Å². The SMILES string of the molecule is CC(=O)OCC(=O)C1(O)CCC2C3CC=C4C=C(OCc5ccccc5)CCC4(C)C3C(=O)CC21C. The van der Waals surface area contributed by atoms with Gasteiger partial charge in [-0.05, 0) is 54.7 Å². The van der Waals surface area contributed by atoms with Gasteiger partial charge in [0.2, 0.25) is 5.78 Å². The maximum atomic E-state index is 13.8. The smallest absolute Gasteiger partial charge is 0.303 e. The molecule has 0 heterocycles. The lowest BCUT2D eigenvalue weighted by Gasteiger charge is -2.56. The summed E-state index contributed by atoms with van der Waals surface area (Å²) in [5.41, 5.74) is -0.469. The van der Waals surface area contributed by atoms with Gasteiger partial charge in [0.1, 0.15) is 18.0 Å². The van der Waals surface area contributed by atoms with Crippen molar-refractivity contribution in [3.63, 3.8) is 0 Å². The number of rotatable bonds is 6. The lowest BCUT2D eigenvalue weighted by molar-refractivity contribution is -0.172. The van der Waals surface area contributed by atoms with Crippen molar-refractivity contribution >= 4 is 17.5 Å². The van der Waals surface area contributed by atoms with Crippen LogP contribution in [0.3, 0.4) is 0 Å². The van der Waals surface area contributed by atoms with Gasteiger partial charge in [0, 0.05) is 36.5 Å². The lowest BCUT2D eigenvalue weighted by Crippen LogP contribution is -2.60. The number of aliphatic hydroxyl groups is 1. The van der Waals surface area contributed by atoms with E-state index in [1.807, 2.05) is 25.1 Å². The molecule has 6 unspecified atom stereocenters. The summed E-state index contributed by atoms with van der Waals surface area (Å²) < 4.78 is 11.1. The second kappa shape index (κ2) is 8.98. The fourth-order valence-corrected chi connectivity index (χ4v) is 7.75. The molecule has 6 atom stereocenters. The first-order valence-corrected chi connectivity index (χ1v) is 13.1. The first-order valence-electron chi connectivity index (χ1n) is 13.1. The second-order valence-corrected chi connectivity index (χ2v) is 11.6. The number of fused-ring (bicyclic) bond motifs is 5. The van der Waals surface area contributed by atoms with Crippen LogP contribution in [-0.4, -0.2) is 34.9 Å². The van der Waals surface area contributed by atoms with Crippen molar-refractivity contribution < 1.29 is 29.0 Å². The van der Waals surface area contributed by atoms with Crippen LogP contribution in [0.1, 0.15) is 64.9 Å². The minimum Gasteiger partial charge on any atom is -0.493 e. The van der Waals surface area contributed by atoms with Crippen molar-refractivity contribution in [2.24, 2.45) is 28.6 Å². The lowest BCUT2D eigenvalue weighted by atomic mass is 9.47. The first kappa shape index (κ1) is 24.9. The van der Waals surface area contributed by atoms with Crippen LogP contribution in [0.5, 0.6) is 0 Å². The summed E-state index contributed by atoms with van der Waals surface area (Å²) in [6.45, 7) is 5.42. The highest BCUT2D eigenvalue weighted by molar-refractivity contribution is 5.93. The van der Waals surface area contributed by atoms with Gasteiger partial charge in [-0.25, -0.2) is 0 Å². The van der Waals surface area contributed by atoms with Gasteiger partial charge in [0.05, 0.1) is 5.76 Å². The zero-order valence-electron chi connectivity index (χ0n) is 21.4. The highest BCUT2D eigenvalue weighted by Gasteiger charge is 2.68. The molecule has 4 aliphatic carbocycles. The average Bonchev–Trinajstić information content (AvgIpc) is 3.12. The molecule has 0 aromatic heterocycles. The molecule has 2 saturated carbocycles. The largest absolute Gasteiger partial charge is 0.493 e. The van der Waals surface area contributed by atoms with Crippen LogP contribution in [0.25, 0.3) is 0 Å². The monoisotopic (exact) mass is 492 g/mol. The van der Waals surface area contributed by atoms with Gasteiger partial charge in [0.25, 0.3) is 0 Å². The van der Waals surface area contributed by atoms with Crippen molar-refractivity contribution in [1.82, 2.24) is 0 Å². The maximum Gasteiger partial charge on any atom is 0.303 e. The van der Waals surface area contributed by atoms with Gasteiger partial charge in [-0.15, -0.1) is 0 Å². The number of esters is 1. The van der Waals surface area contributed by atoms with Crippen molar-refractivity contribution in [3.8, 4) is 0 Å². The normalized spacial score (nSPS) is 37.1. The van der Waals surface area contributed by atoms with E-state index < -0.39 is 29.4 Å². The molecule has 0 bridgehead atoms. The van der Waals surface area contributed by atoms with Crippen molar-refractivity contribution in [3.05, 3.63) is 59.4 Å². The zero-order chi connectivity index (χ0) is 25.7. The molecule has 6 nitrogen and oxygen atoms in total. The predicted octanol–water partition coefficient (Wildman–Crippen LogP) is 4.70. The van der Waals surface area contributed by atoms with E-state index in [9.17, 15) is 19.5 Å². The molecule has 6 heteroatoms. The predicted molar refractivity (Wildman–Crippen MR) is 133 cm³/mol. The quantitative estimate of drug-likeness (QED) is 0.579. The van der Waals surface area contributed by atoms with Gasteiger partial charge >= 0.3 is 5.97 Å². The molecular formula is C30H36O6. The maximum absolute atomic E-state index is 13.8. The summed E-state index contributed by atoms with van der Waals surface area (Å²) in [5.74, 6) is 0.0553. The Morgan fingerprint density at radius 3 is 2.61 bits per heavy atom. The van der Waals surface area contributed by atoms with Gasteiger partial charge < -0.3 is 14.6 Å². The van der Waals surface area contributed by atoms with Gasteiger partial charge in [-0.3, -0.25) is 14.4 Å². The molecule has 192 valence electrons. The molecule has 0 spiro atoms. The summed E-state index contributed by atoms with van der Waals surface area (Å²) in [5, 5.41) is 11.6. The van der Waals surface area contributed by atoms with Crippen LogP contribution in [0, 0.1) is 28.6 Å². The Morgan fingerprint density at radius 1 is 1.14 bits per heavy atom. The van der Waals surface area contributed by atoms with E-state index in [1.54, 1.807) is 0 Å². The van der Waals surface area contributed by atoms with E-state index >= 15 is 0 Å². The van der Waals surface area contributed by atoms with E-state index in [0.717, 1.165) is 30.6 Å². The number of ether oxygens (including phenoxy) is 2. The molecule has 36 heavy (non-hydrogen) atoms. The van der Waals surface area contributed by atoms with E-state index in [0.29, 0.717) is 19.4 Å². The number of ketones is 2. The Bertz CT molecular complexity index is 1140. The van der Waals surface area contributed by atoms with E-state index in [4.69, 9.17) is 9.47 Å². The number of Topliss-reactive ketones (excluding diaryl/α,β-unsaturated/α-hetero) is 2. The Kier molecular flexibility index (Phi) is 6.22. The summed E-state index contributed by atoms with van der Waals surface area (Å²) in [6, 6.07) is 10.1. The zero-order valence-corrected chi connectivity index (χ0v) is 21.4. The molecule has 0 saturated heterocycles. The van der Waals surface area contributed by atoms with Crippen LogP contribution in [0.2, 0.25) is 0 Å². The summed E-state index contributed by atoms with van der Waals surface area (Å²) in [7, 11) is 0. The molecule has 0 amide bonds. The second-order valence-electron chi connectivity index (χ2n) is 11.6. The number of benzene rings is 1. The Balaban J connectivity index is 1.38. The standard InChI is InChI=1S/C30H36O6/c1-19(31)35-18-26(33)30(34)14-12-24-23-10-9-21-15-22(36-17-20-7-5-4-6-8-20)11-13-28(21,2)27(23)25(32)16-29(24,30)3/h4-9,15,23-24,27,34H,10-14,16-18H2,1-3H3. The number of carbonyl (C=O) groups excluding carboxylic acids is 3. The molecule has 1 N–H and O–H groups in total. The van der Waals surface area contributed by atoms with E-state index in [2.05, 4.69) is 31.2 Å². The van der Waals surface area contributed by atoms with Crippen LogP contribution < -0.4 is 0 Å². The van der Waals surface area contributed by atoms with Crippen LogP contribution in [0.15, 0.2) is 53.8 Å². The van der Waals surface area contributed by atoms with Crippen LogP contribution >= 0.6 is 0 Å². The average molecular weight is 493 g/mol. The molecule has 1 aromatic carbocycles. The van der Waals surface area contributed by atoms with Gasteiger partial charge in [0.15, 0.2) is 6.61 Å². The van der Waals surface area contributed by atoms with Gasteiger partial charge in [-0.1, -0.05) is 50.3 Å². The third-order valence-corrected chi connectivity index (χ3v) is 9.71. The molecule has 5 rings (SSSR count). The topological polar surface area (TPSA) is 89.9 Å². The molecule has 0 aliphatic heterocycles. The number of hydrogen-bond donors (Lipinski definition) is 1. The molecule has 4 aliphatic rings. The molecule has 1 aromatic rings. The number of hydrogen-bond acceptors (Lipinski definition) is 6. The summed E-state index contributed by atoms with van der Waals surface area (Å²) in [4.78, 5) is 38.1. The van der Waals surface area contributed by atoms with E-state index in [1.165, 1.54) is 12.5 Å². The van der Waals surface area contributed by atoms with Crippen molar-refractivity contribution in [2.75, 3.05) is 6.61 Å². The third-order valence-electron chi connectivity index (χ3n) is 9.71. The Morgan fingerprint density at radius 2 is 1.89 bits per heavy atom. The highest BCUT2D eigenvalue weighted by Crippen LogP contribution is 2.66. The van der Waals surface area contributed by atoms with Crippen molar-refractivity contribution in [2.45, 2.75) is 71.5 Å². The number of allylic oxidation sites excluding steroid dienone is 4. The van der Waals surface area contributed by atoms with Crippen LogP contribution in [0.4, 0.5) is 0 Å². The fourth-order valence-electron chi connectivity index (χ4n) is 7.75. The minimum atomic E-state index is -1.65. The summed E-state index contributed by atoms with van der Waals surface area (Å²) in [6.07, 6.45) is 7.92. The molecular weight excluding hydrogens is 456 g/mol. The Hall–Kier alpha value is -2.73. The summed E-state index contributed by atoms with van der Waals surface area (Å²) >= 11 is 0. The van der Waals surface area contributed by atoms with E-state index in [-0.39, 0.29) is 35.4 Å². The van der Waals surface area contributed by atoms with Crippen molar-refractivity contribution in [1.29, 1.82) is 0 Å². The molecule has 0 radical (unpaired) electrons. The highest BCUT2D eigenvalue weighted by atomic mass is 16.5. The van der Waals surface area contributed by atoms with Gasteiger partial charge in [-0.2, -0.15) is 0 Å². The molecule has 2 fully saturated rings. The third kappa shape index (κ3) is 3.85.